The van der Waals surface area contributed by atoms with Crippen LogP contribution in [0.4, 0.5) is 0 Å². The van der Waals surface area contributed by atoms with Crippen molar-refractivity contribution in [2.75, 3.05) is 52.2 Å². The molecule has 1 aliphatic rings. The van der Waals surface area contributed by atoms with Crippen LogP contribution < -0.4 is 10.1 Å². The molecule has 0 amide bonds. The van der Waals surface area contributed by atoms with E-state index in [2.05, 4.69) is 10.2 Å². The van der Waals surface area contributed by atoms with Gasteiger partial charge in [0, 0.05) is 32.7 Å². The third-order valence-corrected chi connectivity index (χ3v) is 6.46. The second-order valence-electron chi connectivity index (χ2n) is 7.14. The maximum atomic E-state index is 12.5. The first-order valence-electron chi connectivity index (χ1n) is 10.1. The summed E-state index contributed by atoms with van der Waals surface area (Å²) in [6, 6.07) is 7.83. The maximum absolute atomic E-state index is 12.5. The summed E-state index contributed by atoms with van der Waals surface area (Å²) in [5.74, 6) is 1.65. The van der Waals surface area contributed by atoms with Gasteiger partial charge >= 0.3 is 0 Å². The topological polar surface area (TPSA) is 83.5 Å². The predicted octanol–water partition coefficient (Wildman–Crippen LogP) is 1.53. The Morgan fingerprint density at radius 2 is 1.83 bits per heavy atom. The van der Waals surface area contributed by atoms with E-state index in [0.29, 0.717) is 32.7 Å². The van der Waals surface area contributed by atoms with Crippen LogP contribution in [0.3, 0.4) is 0 Å². The zero-order chi connectivity index (χ0) is 21.3. The lowest BCUT2D eigenvalue weighted by molar-refractivity contribution is 0.0904. The van der Waals surface area contributed by atoms with Crippen LogP contribution in [0.1, 0.15) is 26.3 Å². The third kappa shape index (κ3) is 7.49. The molecular weight excluding hydrogens is 392 g/mol. The number of hydrogen-bond acceptors (Lipinski definition) is 5. The Balaban J connectivity index is 1.92. The van der Waals surface area contributed by atoms with Gasteiger partial charge in [0.25, 0.3) is 0 Å². The number of piperazine rings is 1. The zero-order valence-corrected chi connectivity index (χ0v) is 18.7. The molecule has 0 aliphatic carbocycles. The Labute approximate surface area is 174 Å². The number of nitrogens with zero attached hydrogens (tertiary/aromatic N) is 3. The van der Waals surface area contributed by atoms with E-state index in [1.54, 1.807) is 11.4 Å². The standard InChI is InChI=1S/C20H34N4O4S/c1-5-21-20(22-16-18-6-8-19(27-4)9-7-18)23-10-12-24(13-11-23)29(25,26)15-14-28-17(2)3/h6-9,17H,5,10-16H2,1-4H3,(H,21,22). The van der Waals surface area contributed by atoms with Gasteiger partial charge in [0.05, 0.1) is 32.1 Å². The average molecular weight is 427 g/mol. The van der Waals surface area contributed by atoms with Gasteiger partial charge in [0.1, 0.15) is 5.75 Å². The normalized spacial score (nSPS) is 16.3. The second-order valence-corrected chi connectivity index (χ2v) is 9.23. The Bertz CT molecular complexity index is 742. The maximum Gasteiger partial charge on any atom is 0.216 e. The van der Waals surface area contributed by atoms with Gasteiger partial charge in [-0.1, -0.05) is 12.1 Å². The van der Waals surface area contributed by atoms with Gasteiger partial charge in [-0.2, -0.15) is 4.31 Å². The predicted molar refractivity (Wildman–Crippen MR) is 116 cm³/mol. The average Bonchev–Trinajstić information content (AvgIpc) is 2.71. The van der Waals surface area contributed by atoms with Crippen LogP contribution in [0.15, 0.2) is 29.3 Å². The van der Waals surface area contributed by atoms with Gasteiger partial charge in [0.2, 0.25) is 10.0 Å². The van der Waals surface area contributed by atoms with Crippen molar-refractivity contribution in [2.45, 2.75) is 33.4 Å². The van der Waals surface area contributed by atoms with Crippen molar-refractivity contribution in [3.63, 3.8) is 0 Å². The Morgan fingerprint density at radius 3 is 2.38 bits per heavy atom. The minimum absolute atomic E-state index is 0.0246. The molecule has 0 atom stereocenters. The van der Waals surface area contributed by atoms with E-state index in [1.807, 2.05) is 45.0 Å². The monoisotopic (exact) mass is 426 g/mol. The lowest BCUT2D eigenvalue weighted by Gasteiger charge is -2.36. The smallest absolute Gasteiger partial charge is 0.216 e. The molecule has 164 valence electrons. The van der Waals surface area contributed by atoms with Gasteiger partial charge in [-0.05, 0) is 38.5 Å². The van der Waals surface area contributed by atoms with Crippen molar-refractivity contribution in [2.24, 2.45) is 4.99 Å². The van der Waals surface area contributed by atoms with Crippen LogP contribution >= 0.6 is 0 Å². The van der Waals surface area contributed by atoms with E-state index in [4.69, 9.17) is 14.5 Å². The lowest BCUT2D eigenvalue weighted by Crippen LogP contribution is -2.54. The number of ether oxygens (including phenoxy) is 2. The number of aliphatic imine (C=N–C) groups is 1. The van der Waals surface area contributed by atoms with Crippen LogP contribution in [-0.2, 0) is 21.3 Å². The van der Waals surface area contributed by atoms with E-state index in [9.17, 15) is 8.42 Å². The zero-order valence-electron chi connectivity index (χ0n) is 17.9. The Hall–Kier alpha value is -1.84. The van der Waals surface area contributed by atoms with E-state index in [0.717, 1.165) is 23.8 Å². The highest BCUT2D eigenvalue weighted by atomic mass is 32.2. The molecule has 29 heavy (non-hydrogen) atoms. The largest absolute Gasteiger partial charge is 0.497 e. The van der Waals surface area contributed by atoms with Crippen molar-refractivity contribution in [3.8, 4) is 5.75 Å². The number of guanidine groups is 1. The molecular formula is C20H34N4O4S. The molecule has 1 aromatic carbocycles. The summed E-state index contributed by atoms with van der Waals surface area (Å²) in [6.45, 7) is 9.50. The number of hydrogen-bond donors (Lipinski definition) is 1. The van der Waals surface area contributed by atoms with Gasteiger partial charge in [-0.3, -0.25) is 0 Å². The van der Waals surface area contributed by atoms with Crippen molar-refractivity contribution in [1.82, 2.24) is 14.5 Å². The fourth-order valence-corrected chi connectivity index (χ4v) is 4.30. The molecule has 1 aliphatic heterocycles. The molecule has 1 heterocycles. The molecule has 1 aromatic rings. The summed E-state index contributed by atoms with van der Waals surface area (Å²) in [6.07, 6.45) is 0.0339. The second kappa shape index (κ2) is 11.4. The molecule has 0 unspecified atom stereocenters. The Kier molecular flexibility index (Phi) is 9.19. The van der Waals surface area contributed by atoms with E-state index in [-0.39, 0.29) is 18.5 Å². The Morgan fingerprint density at radius 1 is 1.17 bits per heavy atom. The van der Waals surface area contributed by atoms with Crippen molar-refractivity contribution in [1.29, 1.82) is 0 Å². The van der Waals surface area contributed by atoms with Gasteiger partial charge in [-0.25, -0.2) is 13.4 Å². The van der Waals surface area contributed by atoms with Crippen molar-refractivity contribution < 1.29 is 17.9 Å². The van der Waals surface area contributed by atoms with Crippen molar-refractivity contribution >= 4 is 16.0 Å². The molecule has 1 N–H and O–H groups in total. The highest BCUT2D eigenvalue weighted by Crippen LogP contribution is 2.13. The number of nitrogens with one attached hydrogen (secondary N) is 1. The highest BCUT2D eigenvalue weighted by molar-refractivity contribution is 7.89. The van der Waals surface area contributed by atoms with Gasteiger partial charge in [0.15, 0.2) is 5.96 Å². The number of benzene rings is 1. The minimum atomic E-state index is -3.29. The van der Waals surface area contributed by atoms with Gasteiger partial charge in [-0.15, -0.1) is 0 Å². The number of sulfonamides is 1. The highest BCUT2D eigenvalue weighted by Gasteiger charge is 2.28. The minimum Gasteiger partial charge on any atom is -0.497 e. The fourth-order valence-electron chi connectivity index (χ4n) is 3.02. The molecule has 0 saturated carbocycles. The van der Waals surface area contributed by atoms with Crippen LogP contribution in [0.5, 0.6) is 5.75 Å². The summed E-state index contributed by atoms with van der Waals surface area (Å²) >= 11 is 0. The number of rotatable bonds is 9. The molecule has 1 fully saturated rings. The van der Waals surface area contributed by atoms with Crippen molar-refractivity contribution in [3.05, 3.63) is 29.8 Å². The SMILES string of the molecule is CCNC(=NCc1ccc(OC)cc1)N1CCN(S(=O)(=O)CCOC(C)C)CC1. The first kappa shape index (κ1) is 23.4. The summed E-state index contributed by atoms with van der Waals surface area (Å²) in [5, 5.41) is 3.31. The van der Waals surface area contributed by atoms with Crippen LogP contribution in [0.25, 0.3) is 0 Å². The summed E-state index contributed by atoms with van der Waals surface area (Å²) < 4.78 is 37.1. The molecule has 2 rings (SSSR count). The van der Waals surface area contributed by atoms with Crippen LogP contribution in [0, 0.1) is 0 Å². The molecule has 0 spiro atoms. The molecule has 0 aromatic heterocycles. The van der Waals surface area contributed by atoms with E-state index < -0.39 is 10.0 Å². The van der Waals surface area contributed by atoms with Crippen LogP contribution in [-0.4, -0.2) is 81.9 Å². The van der Waals surface area contributed by atoms with Crippen LogP contribution in [0.2, 0.25) is 0 Å². The first-order chi connectivity index (χ1) is 13.9. The fraction of sp³-hybridized carbons (Fsp3) is 0.650. The van der Waals surface area contributed by atoms with E-state index >= 15 is 0 Å². The quantitative estimate of drug-likeness (QED) is 0.476. The summed E-state index contributed by atoms with van der Waals surface area (Å²) in [4.78, 5) is 6.84. The van der Waals surface area contributed by atoms with E-state index in [1.165, 1.54) is 0 Å². The lowest BCUT2D eigenvalue weighted by atomic mass is 10.2. The number of methoxy groups -OCH3 is 1. The summed E-state index contributed by atoms with van der Waals surface area (Å²) in [7, 11) is -1.65. The summed E-state index contributed by atoms with van der Waals surface area (Å²) in [5.41, 5.74) is 1.09. The third-order valence-electron chi connectivity index (χ3n) is 4.63. The first-order valence-corrected chi connectivity index (χ1v) is 11.7. The molecule has 8 nitrogen and oxygen atoms in total. The molecule has 1 saturated heterocycles. The molecule has 0 radical (unpaired) electrons. The van der Waals surface area contributed by atoms with Gasteiger partial charge < -0.3 is 19.7 Å². The molecule has 9 heteroatoms. The molecule has 0 bridgehead atoms.